The van der Waals surface area contributed by atoms with Crippen LogP contribution in [0.4, 0.5) is 0 Å². The van der Waals surface area contributed by atoms with Gasteiger partial charge in [-0.3, -0.25) is 4.79 Å². The molecule has 0 spiro atoms. The molecular formula is C19H23NO2S. The van der Waals surface area contributed by atoms with Crippen LogP contribution in [0.5, 0.6) is 0 Å². The van der Waals surface area contributed by atoms with E-state index in [4.69, 9.17) is 0 Å². The largest absolute Gasteiger partial charge is 0.396 e. The second kappa shape index (κ2) is 8.75. The minimum Gasteiger partial charge on any atom is -0.396 e. The monoisotopic (exact) mass is 329 g/mol. The third-order valence-electron chi connectivity index (χ3n) is 3.89. The molecule has 0 saturated carbocycles. The van der Waals surface area contributed by atoms with Gasteiger partial charge in [0, 0.05) is 25.0 Å². The Kier molecular flexibility index (Phi) is 6.68. The van der Waals surface area contributed by atoms with Crippen LogP contribution in [0.15, 0.2) is 54.6 Å². The zero-order chi connectivity index (χ0) is 16.7. The van der Waals surface area contributed by atoms with Gasteiger partial charge in [-0.1, -0.05) is 42.5 Å². The summed E-state index contributed by atoms with van der Waals surface area (Å²) in [5.74, 6) is 0.921. The van der Waals surface area contributed by atoms with Crippen LogP contribution in [-0.2, 0) is 5.75 Å². The van der Waals surface area contributed by atoms with Crippen LogP contribution in [0.2, 0.25) is 0 Å². The van der Waals surface area contributed by atoms with E-state index in [0.29, 0.717) is 12.0 Å². The Labute approximate surface area is 142 Å². The van der Waals surface area contributed by atoms with Gasteiger partial charge in [0.1, 0.15) is 0 Å². The molecule has 4 heteroatoms. The summed E-state index contributed by atoms with van der Waals surface area (Å²) < 4.78 is 0. The first kappa shape index (κ1) is 17.6. The number of hydrogen-bond acceptors (Lipinski definition) is 3. The maximum Gasteiger partial charge on any atom is 0.254 e. The fourth-order valence-electron chi connectivity index (χ4n) is 2.64. The Morgan fingerprint density at radius 1 is 1.13 bits per heavy atom. The van der Waals surface area contributed by atoms with Crippen LogP contribution in [0.1, 0.15) is 33.9 Å². The third-order valence-corrected chi connectivity index (χ3v) is 4.51. The molecule has 0 aliphatic carbocycles. The van der Waals surface area contributed by atoms with Crippen molar-refractivity contribution >= 4 is 17.7 Å². The molecule has 1 amide bonds. The van der Waals surface area contributed by atoms with Crippen molar-refractivity contribution in [2.45, 2.75) is 18.2 Å². The number of benzene rings is 2. The van der Waals surface area contributed by atoms with E-state index >= 15 is 0 Å². The second-order valence-corrected chi connectivity index (χ2v) is 6.35. The molecule has 23 heavy (non-hydrogen) atoms. The Bertz CT molecular complexity index is 613. The van der Waals surface area contributed by atoms with Crippen LogP contribution in [-0.4, -0.2) is 35.8 Å². The van der Waals surface area contributed by atoms with Gasteiger partial charge in [0.2, 0.25) is 0 Å². The Morgan fingerprint density at radius 3 is 2.35 bits per heavy atom. The first-order valence-corrected chi connectivity index (χ1v) is 9.07. The molecule has 1 N–H and O–H groups in total. The summed E-state index contributed by atoms with van der Waals surface area (Å²) >= 11 is 1.76. The maximum atomic E-state index is 12.7. The smallest absolute Gasteiger partial charge is 0.254 e. The molecule has 3 nitrogen and oxygen atoms in total. The molecule has 2 aromatic carbocycles. The highest BCUT2D eigenvalue weighted by molar-refractivity contribution is 7.97. The normalized spacial score (nSPS) is 12.0. The van der Waals surface area contributed by atoms with Gasteiger partial charge in [-0.15, -0.1) is 0 Å². The highest BCUT2D eigenvalue weighted by Gasteiger charge is 2.22. The van der Waals surface area contributed by atoms with Crippen molar-refractivity contribution in [3.8, 4) is 0 Å². The number of carbonyl (C=O) groups is 1. The molecule has 0 saturated heterocycles. The predicted molar refractivity (Wildman–Crippen MR) is 96.6 cm³/mol. The number of carbonyl (C=O) groups excluding carboxylic acids is 1. The van der Waals surface area contributed by atoms with E-state index in [2.05, 4.69) is 6.26 Å². The van der Waals surface area contributed by atoms with E-state index in [-0.39, 0.29) is 18.6 Å². The Balaban J connectivity index is 2.18. The second-order valence-electron chi connectivity index (χ2n) is 5.48. The lowest BCUT2D eigenvalue weighted by Gasteiger charge is -2.28. The average Bonchev–Trinajstić information content (AvgIpc) is 2.60. The fraction of sp³-hybridized carbons (Fsp3) is 0.316. The molecule has 122 valence electrons. The van der Waals surface area contributed by atoms with Crippen molar-refractivity contribution < 1.29 is 9.90 Å². The molecule has 0 fully saturated rings. The van der Waals surface area contributed by atoms with Gasteiger partial charge in [-0.2, -0.15) is 11.8 Å². The molecule has 0 bridgehead atoms. The van der Waals surface area contributed by atoms with E-state index in [1.807, 2.05) is 54.6 Å². The zero-order valence-electron chi connectivity index (χ0n) is 13.6. The molecule has 1 atom stereocenters. The molecule has 0 radical (unpaired) electrons. The molecule has 2 rings (SSSR count). The van der Waals surface area contributed by atoms with Gasteiger partial charge in [0.15, 0.2) is 0 Å². The average molecular weight is 329 g/mol. The maximum absolute atomic E-state index is 12.7. The third kappa shape index (κ3) is 4.60. The van der Waals surface area contributed by atoms with Gasteiger partial charge in [0.05, 0.1) is 6.04 Å². The van der Waals surface area contributed by atoms with Crippen molar-refractivity contribution in [1.29, 1.82) is 0 Å². The summed E-state index contributed by atoms with van der Waals surface area (Å²) in [6, 6.07) is 17.5. The number of aliphatic hydroxyl groups excluding tert-OH is 1. The van der Waals surface area contributed by atoms with E-state index < -0.39 is 0 Å². The predicted octanol–water partition coefficient (Wildman–Crippen LogP) is 3.75. The van der Waals surface area contributed by atoms with Gasteiger partial charge in [-0.05, 0) is 35.9 Å². The van der Waals surface area contributed by atoms with Crippen LogP contribution in [0, 0.1) is 0 Å². The summed E-state index contributed by atoms with van der Waals surface area (Å²) in [5.41, 5.74) is 2.93. The summed E-state index contributed by atoms with van der Waals surface area (Å²) in [5, 5.41) is 9.35. The Hall–Kier alpha value is -1.78. The molecule has 1 unspecified atom stereocenters. The number of hydrogen-bond donors (Lipinski definition) is 1. The molecule has 0 heterocycles. The van der Waals surface area contributed by atoms with E-state index in [1.54, 1.807) is 23.7 Å². The van der Waals surface area contributed by atoms with Gasteiger partial charge in [-0.25, -0.2) is 0 Å². The summed E-state index contributed by atoms with van der Waals surface area (Å²) in [6.07, 6.45) is 2.59. The van der Waals surface area contributed by atoms with Crippen LogP contribution < -0.4 is 0 Å². The number of aliphatic hydroxyl groups is 1. The summed E-state index contributed by atoms with van der Waals surface area (Å²) in [7, 11) is 1.80. The Morgan fingerprint density at radius 2 is 1.78 bits per heavy atom. The molecule has 0 aliphatic heterocycles. The van der Waals surface area contributed by atoms with Crippen molar-refractivity contribution in [2.24, 2.45) is 0 Å². The molecule has 2 aromatic rings. The molecule has 0 aromatic heterocycles. The minimum atomic E-state index is -0.125. The van der Waals surface area contributed by atoms with Crippen LogP contribution >= 0.6 is 11.8 Å². The quantitative estimate of drug-likeness (QED) is 0.841. The lowest BCUT2D eigenvalue weighted by Crippen LogP contribution is -2.31. The van der Waals surface area contributed by atoms with E-state index in [1.165, 1.54) is 5.56 Å². The summed E-state index contributed by atoms with van der Waals surface area (Å²) in [6.45, 7) is 0.0455. The lowest BCUT2D eigenvalue weighted by molar-refractivity contribution is 0.0705. The SMILES string of the molecule is CSCc1ccc(C(=O)N(C)C(CCO)c2ccccc2)cc1. The highest BCUT2D eigenvalue weighted by Crippen LogP contribution is 2.24. The van der Waals surface area contributed by atoms with Gasteiger partial charge >= 0.3 is 0 Å². The van der Waals surface area contributed by atoms with Crippen LogP contribution in [0.3, 0.4) is 0 Å². The highest BCUT2D eigenvalue weighted by atomic mass is 32.2. The number of nitrogens with zero attached hydrogens (tertiary/aromatic N) is 1. The first-order valence-electron chi connectivity index (χ1n) is 7.68. The van der Waals surface area contributed by atoms with Gasteiger partial charge in [0.25, 0.3) is 5.91 Å². The van der Waals surface area contributed by atoms with Gasteiger partial charge < -0.3 is 10.0 Å². The number of rotatable bonds is 7. The first-order chi connectivity index (χ1) is 11.2. The number of thioether (sulfide) groups is 1. The van der Waals surface area contributed by atoms with Crippen LogP contribution in [0.25, 0.3) is 0 Å². The van der Waals surface area contributed by atoms with Crippen molar-refractivity contribution in [1.82, 2.24) is 4.90 Å². The topological polar surface area (TPSA) is 40.5 Å². The van der Waals surface area contributed by atoms with E-state index in [9.17, 15) is 9.90 Å². The standard InChI is InChI=1S/C19H23NO2S/c1-20(18(12-13-21)16-6-4-3-5-7-16)19(22)17-10-8-15(9-11-17)14-23-2/h3-11,18,21H,12-14H2,1-2H3. The molecular weight excluding hydrogens is 306 g/mol. The molecule has 0 aliphatic rings. The lowest BCUT2D eigenvalue weighted by atomic mass is 10.0. The van der Waals surface area contributed by atoms with Crippen molar-refractivity contribution in [3.05, 3.63) is 71.3 Å². The van der Waals surface area contributed by atoms with Crippen molar-refractivity contribution in [3.63, 3.8) is 0 Å². The number of amides is 1. The van der Waals surface area contributed by atoms with E-state index in [0.717, 1.165) is 11.3 Å². The zero-order valence-corrected chi connectivity index (χ0v) is 14.4. The fourth-order valence-corrected chi connectivity index (χ4v) is 3.16. The summed E-state index contributed by atoms with van der Waals surface area (Å²) in [4.78, 5) is 14.5. The minimum absolute atomic E-state index is 0.0250. The van der Waals surface area contributed by atoms with Crippen molar-refractivity contribution in [2.75, 3.05) is 19.9 Å².